The Bertz CT molecular complexity index is 2130. The Balaban J connectivity index is 1.24. The summed E-state index contributed by atoms with van der Waals surface area (Å²) < 4.78 is 9.49. The van der Waals surface area contributed by atoms with E-state index in [0.29, 0.717) is 60.0 Å². The number of methoxy groups -OCH3 is 2. The molecular formula is C42H51N9O6. The van der Waals surface area contributed by atoms with Crippen LogP contribution < -0.4 is 10.6 Å². The topological polar surface area (TPSA) is 198 Å². The van der Waals surface area contributed by atoms with Crippen molar-refractivity contribution < 1.29 is 28.7 Å². The van der Waals surface area contributed by atoms with Gasteiger partial charge in [0, 0.05) is 36.1 Å². The van der Waals surface area contributed by atoms with Crippen LogP contribution in [0.1, 0.15) is 106 Å². The fourth-order valence-electron chi connectivity index (χ4n) is 7.26. The van der Waals surface area contributed by atoms with E-state index in [1.807, 2.05) is 33.8 Å². The number of rotatable bonds is 9. The van der Waals surface area contributed by atoms with Crippen LogP contribution >= 0.6 is 0 Å². The fourth-order valence-corrected chi connectivity index (χ4v) is 7.26. The lowest BCUT2D eigenvalue weighted by molar-refractivity contribution is -0.136. The lowest BCUT2D eigenvalue weighted by Gasteiger charge is -2.30. The molecule has 15 nitrogen and oxygen atoms in total. The highest BCUT2D eigenvalue weighted by Crippen LogP contribution is 2.36. The smallest absolute Gasteiger partial charge is 0.407 e. The Morgan fingerprint density at radius 3 is 1.88 bits per heavy atom. The van der Waals surface area contributed by atoms with E-state index in [2.05, 4.69) is 74.2 Å². The van der Waals surface area contributed by atoms with Gasteiger partial charge in [-0.05, 0) is 60.6 Å². The minimum absolute atomic E-state index is 0.136. The zero-order valence-electron chi connectivity index (χ0n) is 33.7. The molecule has 0 saturated carbocycles. The number of hydrogen-bond donors (Lipinski definition) is 4. The number of nitrogens with zero attached hydrogens (tertiary/aromatic N) is 5. The predicted molar refractivity (Wildman–Crippen MR) is 210 cm³/mol. The number of carbonyl (C=O) groups excluding carboxylic acids is 4. The van der Waals surface area contributed by atoms with Gasteiger partial charge in [0.25, 0.3) is 0 Å². The van der Waals surface area contributed by atoms with E-state index in [-0.39, 0.29) is 47.6 Å². The largest absolute Gasteiger partial charge is 0.453 e. The number of H-pyrrole nitrogens is 2. The van der Waals surface area contributed by atoms with Gasteiger partial charge in [0.1, 0.15) is 35.5 Å². The normalized spacial score (nSPS) is 19.8. The summed E-state index contributed by atoms with van der Waals surface area (Å²) in [6, 6.07) is 5.43. The maximum absolute atomic E-state index is 13.6. The van der Waals surface area contributed by atoms with Gasteiger partial charge in [-0.15, -0.1) is 0 Å². The molecule has 2 aliphatic heterocycles. The maximum Gasteiger partial charge on any atom is 0.407 e. The van der Waals surface area contributed by atoms with Gasteiger partial charge in [0.2, 0.25) is 11.8 Å². The van der Waals surface area contributed by atoms with Gasteiger partial charge in [-0.2, -0.15) is 5.26 Å². The number of carbonyl (C=O) groups is 4. The molecule has 0 aliphatic carbocycles. The van der Waals surface area contributed by atoms with Crippen molar-refractivity contribution in [2.24, 2.45) is 23.7 Å². The molecule has 4 amide bonds. The molecule has 4 N–H and O–H groups in total. The quantitative estimate of drug-likeness (QED) is 0.225. The van der Waals surface area contributed by atoms with Crippen molar-refractivity contribution in [3.63, 3.8) is 0 Å². The van der Waals surface area contributed by atoms with Crippen molar-refractivity contribution in [3.05, 3.63) is 70.3 Å². The lowest BCUT2D eigenvalue weighted by Crippen LogP contribution is -2.51. The molecule has 1 aromatic carbocycles. The van der Waals surface area contributed by atoms with Gasteiger partial charge in [-0.1, -0.05) is 59.3 Å². The van der Waals surface area contributed by atoms with Crippen LogP contribution in [0.25, 0.3) is 0 Å². The van der Waals surface area contributed by atoms with Gasteiger partial charge < -0.3 is 39.9 Å². The highest BCUT2D eigenvalue weighted by Gasteiger charge is 2.41. The molecule has 2 saturated heterocycles. The average Bonchev–Trinajstić information content (AvgIpc) is 4.01. The fraction of sp³-hybridized carbons (Fsp3) is 0.500. The third kappa shape index (κ3) is 10.1. The van der Waals surface area contributed by atoms with E-state index < -0.39 is 24.3 Å². The zero-order chi connectivity index (χ0) is 41.4. The highest BCUT2D eigenvalue weighted by atomic mass is 16.5. The van der Waals surface area contributed by atoms with Crippen LogP contribution in [0, 0.1) is 58.7 Å². The summed E-state index contributed by atoms with van der Waals surface area (Å²) in [5.41, 5.74) is 2.88. The Kier molecular flexibility index (Phi) is 13.7. The molecule has 2 aromatic heterocycles. The number of alkyl carbamates (subject to hydrolysis) is 2. The summed E-state index contributed by atoms with van der Waals surface area (Å²) in [7, 11) is 2.54. The number of imidazole rings is 2. The first-order valence-electron chi connectivity index (χ1n) is 19.2. The van der Waals surface area contributed by atoms with Gasteiger partial charge in [-0.3, -0.25) is 9.59 Å². The Hall–Kier alpha value is -6.27. The summed E-state index contributed by atoms with van der Waals surface area (Å²) in [6.07, 6.45) is 3.83. The number of aromatic amines is 2. The number of ether oxygens (including phenoxy) is 2. The Labute approximate surface area is 333 Å². The van der Waals surface area contributed by atoms with Crippen LogP contribution in [0.2, 0.25) is 0 Å². The maximum atomic E-state index is 13.6. The first-order valence-corrected chi connectivity index (χ1v) is 19.2. The lowest BCUT2D eigenvalue weighted by atomic mass is 10.0. The second-order valence-corrected chi connectivity index (χ2v) is 15.5. The van der Waals surface area contributed by atoms with Crippen molar-refractivity contribution in [1.29, 1.82) is 5.26 Å². The molecule has 2 fully saturated rings. The summed E-state index contributed by atoms with van der Waals surface area (Å²) in [6.45, 7) is 12.7. The Morgan fingerprint density at radius 2 is 1.35 bits per heavy atom. The third-order valence-electron chi connectivity index (χ3n) is 10.2. The second kappa shape index (κ2) is 18.6. The number of nitrogens with one attached hydrogen (secondary N) is 4. The monoisotopic (exact) mass is 777 g/mol. The van der Waals surface area contributed by atoms with E-state index in [1.54, 1.807) is 34.3 Å². The SMILES string of the molecule is COC(=O)N[C@H](C(=O)N1C[C@@H](C)C[C@H]1c1ncc(C#Cc2ccc(C#CCc3cnc([C@@H]4C[C@H](C)CN4C(=O)[C@@H](NC(=O)OC)C(C)C)[nH]3)cc2C#N)[nH]1)C(C)C. The molecule has 0 radical (unpaired) electrons. The zero-order valence-corrected chi connectivity index (χ0v) is 33.7. The molecule has 3 aromatic rings. The van der Waals surface area contributed by atoms with E-state index in [4.69, 9.17) is 9.47 Å². The van der Waals surface area contributed by atoms with Crippen LogP contribution in [0.5, 0.6) is 0 Å². The third-order valence-corrected chi connectivity index (χ3v) is 10.2. The number of aromatic nitrogens is 4. The Morgan fingerprint density at radius 1 is 0.807 bits per heavy atom. The predicted octanol–water partition coefficient (Wildman–Crippen LogP) is 4.58. The number of likely N-dealkylation sites (tertiary alicyclic amines) is 2. The summed E-state index contributed by atoms with van der Waals surface area (Å²) in [4.78, 5) is 70.3. The van der Waals surface area contributed by atoms with Crippen LogP contribution in [0.15, 0.2) is 30.6 Å². The van der Waals surface area contributed by atoms with Crippen LogP contribution in [-0.4, -0.2) is 93.1 Å². The van der Waals surface area contributed by atoms with Gasteiger partial charge in [0.05, 0.1) is 44.5 Å². The molecule has 57 heavy (non-hydrogen) atoms. The van der Waals surface area contributed by atoms with Crippen molar-refractivity contribution >= 4 is 24.0 Å². The summed E-state index contributed by atoms with van der Waals surface area (Å²) in [5, 5.41) is 15.3. The number of amides is 4. The van der Waals surface area contributed by atoms with Gasteiger partial charge >= 0.3 is 12.2 Å². The molecule has 5 rings (SSSR count). The summed E-state index contributed by atoms with van der Waals surface area (Å²) >= 11 is 0. The van der Waals surface area contributed by atoms with Gasteiger partial charge in [-0.25, -0.2) is 19.6 Å². The van der Waals surface area contributed by atoms with Crippen molar-refractivity contribution in [3.8, 4) is 29.8 Å². The molecule has 2 aliphatic rings. The van der Waals surface area contributed by atoms with Crippen LogP contribution in [0.4, 0.5) is 9.59 Å². The number of hydrogen-bond acceptors (Lipinski definition) is 9. The standard InChI is InChI=1S/C42H51N9O6/c1-24(2)35(48-41(54)56-7)39(52)50-22-26(5)16-33(50)37-44-20-31(46-37)11-9-10-28-12-13-29(30(18-28)19-43)14-15-32-21-45-38(47-32)34-17-27(6)23-51(34)40(53)36(25(3)4)49-42(55)57-8/h12-13,18,20-21,24-27,33-36H,11,16-17,22-23H2,1-8H3,(H,44,46)(H,45,47)(H,48,54)(H,49,55)/t26-,27-,33-,34-,35-,36-/m0/s1. The second-order valence-electron chi connectivity index (χ2n) is 15.5. The molecule has 300 valence electrons. The molecule has 0 bridgehead atoms. The summed E-state index contributed by atoms with van der Waals surface area (Å²) in [5.74, 6) is 13.5. The molecular weight excluding hydrogens is 727 g/mol. The first kappa shape index (κ1) is 41.9. The average molecular weight is 778 g/mol. The number of nitriles is 1. The molecule has 0 unspecified atom stereocenters. The molecule has 6 atom stereocenters. The van der Waals surface area contributed by atoms with Gasteiger partial charge in [0.15, 0.2) is 0 Å². The minimum atomic E-state index is -0.742. The highest BCUT2D eigenvalue weighted by molar-refractivity contribution is 5.87. The van der Waals surface area contributed by atoms with Crippen molar-refractivity contribution in [2.75, 3.05) is 27.3 Å². The minimum Gasteiger partial charge on any atom is -0.453 e. The molecule has 4 heterocycles. The van der Waals surface area contributed by atoms with E-state index in [9.17, 15) is 24.4 Å². The van der Waals surface area contributed by atoms with E-state index in [0.717, 1.165) is 12.1 Å². The molecule has 15 heteroatoms. The van der Waals surface area contributed by atoms with Crippen molar-refractivity contribution in [1.82, 2.24) is 40.4 Å². The van der Waals surface area contributed by atoms with Crippen LogP contribution in [0.3, 0.4) is 0 Å². The van der Waals surface area contributed by atoms with E-state index >= 15 is 0 Å². The van der Waals surface area contributed by atoms with E-state index in [1.165, 1.54) is 14.2 Å². The first-order chi connectivity index (χ1) is 27.2. The molecule has 0 spiro atoms. The number of benzene rings is 1. The van der Waals surface area contributed by atoms with Crippen LogP contribution in [-0.2, 0) is 25.5 Å². The van der Waals surface area contributed by atoms with Crippen molar-refractivity contribution in [2.45, 2.75) is 85.0 Å².